The Bertz CT molecular complexity index is 1050. The minimum atomic E-state index is -3.23. The number of thiazole rings is 1. The van der Waals surface area contributed by atoms with Gasteiger partial charge in [-0.3, -0.25) is 9.69 Å². The molecule has 0 aliphatic carbocycles. The number of ether oxygens (including phenoxy) is 2. The lowest BCUT2D eigenvalue weighted by Gasteiger charge is -2.33. The number of rotatable bonds is 6. The molecular weight excluding hydrogens is 438 g/mol. The van der Waals surface area contributed by atoms with E-state index in [1.165, 1.54) is 21.9 Å². The van der Waals surface area contributed by atoms with Crippen molar-refractivity contribution in [3.8, 4) is 5.75 Å². The largest absolute Gasteiger partial charge is 0.494 e. The molecule has 2 fully saturated rings. The van der Waals surface area contributed by atoms with E-state index in [1.807, 2.05) is 19.1 Å². The molecule has 1 aromatic heterocycles. The topological polar surface area (TPSA) is 89.0 Å². The predicted octanol–water partition coefficient (Wildman–Crippen LogP) is 2.80. The molecule has 10 heteroatoms. The Morgan fingerprint density at radius 2 is 2.06 bits per heavy atom. The molecule has 1 aromatic carbocycles. The van der Waals surface area contributed by atoms with E-state index in [0.29, 0.717) is 50.0 Å². The number of piperidine rings is 1. The van der Waals surface area contributed by atoms with E-state index in [-0.39, 0.29) is 17.9 Å². The third kappa shape index (κ3) is 4.72. The lowest BCUT2D eigenvalue weighted by Crippen LogP contribution is -2.46. The summed E-state index contributed by atoms with van der Waals surface area (Å²) >= 11 is 1.49. The van der Waals surface area contributed by atoms with Crippen LogP contribution in [0, 0.1) is 12.8 Å². The molecule has 2 aliphatic heterocycles. The van der Waals surface area contributed by atoms with Crippen molar-refractivity contribution in [1.82, 2.24) is 9.29 Å². The number of sulfonamides is 1. The van der Waals surface area contributed by atoms with Gasteiger partial charge in [-0.2, -0.15) is 0 Å². The molecule has 8 nitrogen and oxygen atoms in total. The average Bonchev–Trinajstić information content (AvgIpc) is 3.42. The SMILES string of the molecule is COc1ccc(C)c2sc(N(CC3CCCO3)C(=O)C3CCN(S(C)(=O)=O)CC3)nc12. The van der Waals surface area contributed by atoms with E-state index in [2.05, 4.69) is 0 Å². The second-order valence-electron chi connectivity index (χ2n) is 8.28. The second-order valence-corrected chi connectivity index (χ2v) is 11.2. The van der Waals surface area contributed by atoms with Gasteiger partial charge in [0.25, 0.3) is 0 Å². The number of methoxy groups -OCH3 is 1. The Morgan fingerprint density at radius 1 is 1.32 bits per heavy atom. The van der Waals surface area contributed by atoms with Gasteiger partial charge < -0.3 is 9.47 Å². The zero-order valence-corrected chi connectivity index (χ0v) is 19.8. The lowest BCUT2D eigenvalue weighted by molar-refractivity contribution is -0.123. The normalized spacial score (nSPS) is 20.9. The van der Waals surface area contributed by atoms with Crippen LogP contribution in [0.15, 0.2) is 12.1 Å². The Morgan fingerprint density at radius 3 is 2.68 bits per heavy atom. The highest BCUT2D eigenvalue weighted by molar-refractivity contribution is 7.88. The molecule has 4 rings (SSSR count). The smallest absolute Gasteiger partial charge is 0.232 e. The van der Waals surface area contributed by atoms with E-state index in [1.54, 1.807) is 12.0 Å². The first-order valence-corrected chi connectivity index (χ1v) is 13.3. The Hall–Kier alpha value is -1.75. The first-order chi connectivity index (χ1) is 14.8. The van der Waals surface area contributed by atoms with Crippen molar-refractivity contribution in [2.45, 2.75) is 38.7 Å². The summed E-state index contributed by atoms with van der Waals surface area (Å²) in [5.74, 6) is 0.461. The molecule has 1 unspecified atom stereocenters. The van der Waals surface area contributed by atoms with Gasteiger partial charge in [0.05, 0.1) is 30.7 Å². The number of aryl methyl sites for hydroxylation is 1. The van der Waals surface area contributed by atoms with Crippen LogP contribution in [0.1, 0.15) is 31.2 Å². The summed E-state index contributed by atoms with van der Waals surface area (Å²) in [6.07, 6.45) is 4.16. The third-order valence-corrected chi connectivity index (χ3v) is 8.61. The third-order valence-electron chi connectivity index (χ3n) is 6.09. The van der Waals surface area contributed by atoms with E-state index >= 15 is 0 Å². The highest BCUT2D eigenvalue weighted by Crippen LogP contribution is 2.38. The number of benzene rings is 1. The molecule has 0 radical (unpaired) electrons. The maximum atomic E-state index is 13.6. The molecule has 2 saturated heterocycles. The van der Waals surface area contributed by atoms with Crippen molar-refractivity contribution in [2.24, 2.45) is 5.92 Å². The maximum absolute atomic E-state index is 13.6. The van der Waals surface area contributed by atoms with Crippen LogP contribution < -0.4 is 9.64 Å². The van der Waals surface area contributed by atoms with Crippen LogP contribution in [0.2, 0.25) is 0 Å². The van der Waals surface area contributed by atoms with Crippen LogP contribution in [0.4, 0.5) is 5.13 Å². The lowest BCUT2D eigenvalue weighted by atomic mass is 9.96. The number of anilines is 1. The number of nitrogens with zero attached hydrogens (tertiary/aromatic N) is 3. The summed E-state index contributed by atoms with van der Waals surface area (Å²) in [7, 11) is -1.61. The molecule has 170 valence electrons. The molecule has 31 heavy (non-hydrogen) atoms. The molecule has 0 N–H and O–H groups in total. The van der Waals surface area contributed by atoms with Crippen molar-refractivity contribution < 1.29 is 22.7 Å². The highest BCUT2D eigenvalue weighted by Gasteiger charge is 2.35. The van der Waals surface area contributed by atoms with Gasteiger partial charge in [-0.15, -0.1) is 0 Å². The summed E-state index contributed by atoms with van der Waals surface area (Å²) in [5.41, 5.74) is 1.85. The van der Waals surface area contributed by atoms with Crippen molar-refractivity contribution in [1.29, 1.82) is 0 Å². The van der Waals surface area contributed by atoms with E-state index in [0.717, 1.165) is 28.6 Å². The number of fused-ring (bicyclic) bond motifs is 1. The summed E-state index contributed by atoms with van der Waals surface area (Å²) in [5, 5.41) is 0.647. The molecular formula is C21H29N3O5S2. The first-order valence-electron chi connectivity index (χ1n) is 10.6. The number of hydrogen-bond acceptors (Lipinski definition) is 7. The minimum Gasteiger partial charge on any atom is -0.494 e. The fourth-order valence-electron chi connectivity index (χ4n) is 4.29. The fraction of sp³-hybridized carbons (Fsp3) is 0.619. The van der Waals surface area contributed by atoms with Gasteiger partial charge in [-0.1, -0.05) is 17.4 Å². The summed E-state index contributed by atoms with van der Waals surface area (Å²) in [6.45, 7) is 3.95. The van der Waals surface area contributed by atoms with Crippen LogP contribution in [-0.2, 0) is 19.6 Å². The molecule has 3 heterocycles. The second kappa shape index (κ2) is 9.01. The number of carbonyl (C=O) groups is 1. The van der Waals surface area contributed by atoms with Crippen molar-refractivity contribution >= 4 is 42.6 Å². The number of hydrogen-bond donors (Lipinski definition) is 0. The van der Waals surface area contributed by atoms with Gasteiger partial charge >= 0.3 is 0 Å². The monoisotopic (exact) mass is 467 g/mol. The van der Waals surface area contributed by atoms with E-state index < -0.39 is 10.0 Å². The number of carbonyl (C=O) groups excluding carboxylic acids is 1. The standard InChI is InChI=1S/C21H29N3O5S2/c1-14-6-7-17(28-2)18-19(14)30-21(22-18)24(13-16-5-4-12-29-16)20(25)15-8-10-23(11-9-15)31(3,26)27/h6-7,15-16H,4-5,8-13H2,1-3H3. The zero-order valence-electron chi connectivity index (χ0n) is 18.2. The van der Waals surface area contributed by atoms with Gasteiger partial charge in [0, 0.05) is 25.6 Å². The predicted molar refractivity (Wildman–Crippen MR) is 121 cm³/mol. The zero-order chi connectivity index (χ0) is 22.2. The molecule has 1 atom stereocenters. The number of aromatic nitrogens is 1. The number of amides is 1. The van der Waals surface area contributed by atoms with Gasteiger partial charge in [0.2, 0.25) is 15.9 Å². The summed E-state index contributed by atoms with van der Waals surface area (Å²) in [4.78, 5) is 20.2. The van der Waals surface area contributed by atoms with Crippen molar-refractivity contribution in [2.75, 3.05) is 44.5 Å². The Balaban J connectivity index is 1.63. The average molecular weight is 468 g/mol. The minimum absolute atomic E-state index is 0.000623. The quantitative estimate of drug-likeness (QED) is 0.649. The van der Waals surface area contributed by atoms with E-state index in [9.17, 15) is 13.2 Å². The van der Waals surface area contributed by atoms with Gasteiger partial charge in [-0.25, -0.2) is 17.7 Å². The summed E-state index contributed by atoms with van der Waals surface area (Å²) in [6, 6.07) is 3.89. The Kier molecular flexibility index (Phi) is 6.52. The molecule has 0 saturated carbocycles. The van der Waals surface area contributed by atoms with Crippen LogP contribution in [0.25, 0.3) is 10.2 Å². The fourth-order valence-corrected chi connectivity index (χ4v) is 6.23. The van der Waals surface area contributed by atoms with Crippen LogP contribution in [0.5, 0.6) is 5.75 Å². The molecule has 0 spiro atoms. The van der Waals surface area contributed by atoms with Crippen molar-refractivity contribution in [3.05, 3.63) is 17.7 Å². The van der Waals surface area contributed by atoms with Gasteiger partial charge in [0.1, 0.15) is 11.3 Å². The molecule has 2 aliphatic rings. The van der Waals surface area contributed by atoms with Gasteiger partial charge in [-0.05, 0) is 44.2 Å². The van der Waals surface area contributed by atoms with Gasteiger partial charge in [0.15, 0.2) is 5.13 Å². The van der Waals surface area contributed by atoms with Crippen LogP contribution in [0.3, 0.4) is 0 Å². The summed E-state index contributed by atoms with van der Waals surface area (Å²) < 4.78 is 37.4. The van der Waals surface area contributed by atoms with Crippen LogP contribution >= 0.6 is 11.3 Å². The van der Waals surface area contributed by atoms with E-state index in [4.69, 9.17) is 14.5 Å². The molecule has 1 amide bonds. The molecule has 2 aromatic rings. The Labute approximate surface area is 187 Å². The first kappa shape index (κ1) is 22.4. The highest BCUT2D eigenvalue weighted by atomic mass is 32.2. The molecule has 0 bridgehead atoms. The van der Waals surface area contributed by atoms with Crippen molar-refractivity contribution in [3.63, 3.8) is 0 Å². The van der Waals surface area contributed by atoms with Crippen LogP contribution in [-0.4, -0.2) is 69.3 Å². The maximum Gasteiger partial charge on any atom is 0.232 e.